The van der Waals surface area contributed by atoms with Crippen LogP contribution in [0.5, 0.6) is 5.75 Å². The summed E-state index contributed by atoms with van der Waals surface area (Å²) < 4.78 is 5.24. The lowest BCUT2D eigenvalue weighted by molar-refractivity contribution is -0.121. The van der Waals surface area contributed by atoms with Crippen LogP contribution in [0.2, 0.25) is 0 Å². The summed E-state index contributed by atoms with van der Waals surface area (Å²) in [5, 5.41) is 3.78. The Morgan fingerprint density at radius 2 is 1.97 bits per heavy atom. The second-order valence-corrected chi connectivity index (χ2v) is 10.4. The van der Waals surface area contributed by atoms with E-state index in [1.807, 2.05) is 12.1 Å². The van der Waals surface area contributed by atoms with Gasteiger partial charge < -0.3 is 19.9 Å². The smallest absolute Gasteiger partial charge is 0.259 e. The first-order valence-corrected chi connectivity index (χ1v) is 13.3. The molecule has 0 radical (unpaired) electrons. The number of H-pyrrole nitrogens is 1. The highest BCUT2D eigenvalue weighted by Crippen LogP contribution is 2.34. The van der Waals surface area contributed by atoms with Crippen molar-refractivity contribution >= 4 is 33.1 Å². The minimum absolute atomic E-state index is 0.00532. The minimum Gasteiger partial charge on any atom is -0.497 e. The number of fused-ring (bicyclic) bond motifs is 3. The summed E-state index contributed by atoms with van der Waals surface area (Å²) in [6, 6.07) is 8.23. The van der Waals surface area contributed by atoms with Crippen LogP contribution in [0, 0.1) is 0 Å². The average molecular weight is 496 g/mol. The van der Waals surface area contributed by atoms with Crippen LogP contribution in [0.1, 0.15) is 35.5 Å². The highest BCUT2D eigenvalue weighted by atomic mass is 32.1. The Morgan fingerprint density at radius 1 is 1.17 bits per heavy atom. The molecule has 0 saturated carbocycles. The molecule has 1 aliphatic heterocycles. The molecule has 3 aromatic rings. The number of aromatic amines is 1. The number of thiophene rings is 1. The number of methoxy groups -OCH3 is 1. The SMILES string of the molecule is COc1ccc(N2CCN(CCCNC(=O)CCc3nc4sc5c(c4c(=O)[nH]3)CCC5)CC2)cc1. The number of ether oxygens (including phenoxy) is 1. The van der Waals surface area contributed by atoms with Crippen LogP contribution < -0.4 is 20.5 Å². The van der Waals surface area contributed by atoms with E-state index in [1.54, 1.807) is 18.4 Å². The van der Waals surface area contributed by atoms with E-state index in [1.165, 1.54) is 16.1 Å². The second kappa shape index (κ2) is 10.8. The van der Waals surface area contributed by atoms with Gasteiger partial charge in [0.1, 0.15) is 16.4 Å². The fraction of sp³-hybridized carbons (Fsp3) is 0.500. The first-order chi connectivity index (χ1) is 17.1. The Balaban J connectivity index is 1.00. The lowest BCUT2D eigenvalue weighted by Crippen LogP contribution is -2.47. The van der Waals surface area contributed by atoms with Crippen LogP contribution in [-0.2, 0) is 24.1 Å². The molecule has 0 unspecified atom stereocenters. The number of carbonyl (C=O) groups is 1. The van der Waals surface area contributed by atoms with Crippen LogP contribution >= 0.6 is 11.3 Å². The zero-order chi connectivity index (χ0) is 24.2. The first kappa shape index (κ1) is 23.8. The number of rotatable bonds is 9. The van der Waals surface area contributed by atoms with Gasteiger partial charge in [0.15, 0.2) is 0 Å². The molecular weight excluding hydrogens is 462 g/mol. The molecule has 5 rings (SSSR count). The van der Waals surface area contributed by atoms with Gasteiger partial charge in [-0.15, -0.1) is 11.3 Å². The molecule has 186 valence electrons. The zero-order valence-electron chi connectivity index (χ0n) is 20.3. The number of anilines is 1. The van der Waals surface area contributed by atoms with Gasteiger partial charge in [0.05, 0.1) is 12.5 Å². The van der Waals surface area contributed by atoms with Crippen molar-refractivity contribution in [2.75, 3.05) is 51.3 Å². The quantitative estimate of drug-likeness (QED) is 0.444. The lowest BCUT2D eigenvalue weighted by atomic mass is 10.2. The van der Waals surface area contributed by atoms with Gasteiger partial charge in [-0.05, 0) is 62.1 Å². The van der Waals surface area contributed by atoms with Crippen molar-refractivity contribution < 1.29 is 9.53 Å². The number of nitrogens with zero attached hydrogens (tertiary/aromatic N) is 3. The van der Waals surface area contributed by atoms with E-state index < -0.39 is 0 Å². The molecular formula is C26H33N5O3S. The van der Waals surface area contributed by atoms with Crippen molar-refractivity contribution in [1.29, 1.82) is 0 Å². The molecule has 1 amide bonds. The molecule has 1 aromatic carbocycles. The van der Waals surface area contributed by atoms with Gasteiger partial charge in [0.25, 0.3) is 5.56 Å². The standard InChI is InChI=1S/C26H33N5O3S/c1-34-19-8-6-18(7-9-19)31-16-14-30(15-17-31)13-3-12-27-23(32)11-10-22-28-25(33)24-20-4-2-5-21(20)35-26(24)29-22/h6-9H,2-5,10-17H2,1H3,(H,27,32)(H,28,29,33). The molecule has 0 spiro atoms. The maximum absolute atomic E-state index is 12.6. The maximum Gasteiger partial charge on any atom is 0.259 e. The highest BCUT2D eigenvalue weighted by Gasteiger charge is 2.21. The molecule has 8 nitrogen and oxygen atoms in total. The molecule has 9 heteroatoms. The van der Waals surface area contributed by atoms with Crippen molar-refractivity contribution in [3.05, 3.63) is 50.9 Å². The molecule has 1 aliphatic carbocycles. The fourth-order valence-electron chi connectivity index (χ4n) is 5.04. The predicted octanol–water partition coefficient (Wildman–Crippen LogP) is 2.74. The van der Waals surface area contributed by atoms with Crippen molar-refractivity contribution in [3.8, 4) is 5.75 Å². The monoisotopic (exact) mass is 495 g/mol. The molecule has 2 aromatic heterocycles. The van der Waals surface area contributed by atoms with E-state index in [0.717, 1.165) is 74.4 Å². The summed E-state index contributed by atoms with van der Waals surface area (Å²) in [6.07, 6.45) is 4.85. The number of hydrogen-bond donors (Lipinski definition) is 2. The number of nitrogens with one attached hydrogen (secondary N) is 2. The van der Waals surface area contributed by atoms with Gasteiger partial charge in [-0.1, -0.05) is 0 Å². The number of amides is 1. The van der Waals surface area contributed by atoms with Crippen LogP contribution in [0.15, 0.2) is 29.1 Å². The van der Waals surface area contributed by atoms with Gasteiger partial charge >= 0.3 is 0 Å². The summed E-state index contributed by atoms with van der Waals surface area (Å²) in [4.78, 5) is 39.4. The summed E-state index contributed by atoms with van der Waals surface area (Å²) >= 11 is 1.64. The number of carbonyl (C=O) groups excluding carboxylic acids is 1. The van der Waals surface area contributed by atoms with Crippen LogP contribution in [0.25, 0.3) is 10.2 Å². The van der Waals surface area contributed by atoms with Gasteiger partial charge in [0.2, 0.25) is 5.91 Å². The summed E-state index contributed by atoms with van der Waals surface area (Å²) in [7, 11) is 1.69. The number of piperazine rings is 1. The molecule has 0 atom stereocenters. The third-order valence-electron chi connectivity index (χ3n) is 7.00. The Kier molecular flexibility index (Phi) is 7.34. The molecule has 0 bridgehead atoms. The summed E-state index contributed by atoms with van der Waals surface area (Å²) in [5.74, 6) is 1.49. The Morgan fingerprint density at radius 3 is 2.74 bits per heavy atom. The van der Waals surface area contributed by atoms with Crippen LogP contribution in [-0.4, -0.2) is 67.2 Å². The second-order valence-electron chi connectivity index (χ2n) is 9.28. The van der Waals surface area contributed by atoms with Crippen molar-refractivity contribution in [2.24, 2.45) is 0 Å². The fourth-order valence-corrected chi connectivity index (χ4v) is 6.32. The molecule has 35 heavy (non-hydrogen) atoms. The molecule has 2 N–H and O–H groups in total. The Bertz CT molecular complexity index is 1230. The Hall–Kier alpha value is -2.91. The van der Waals surface area contributed by atoms with Gasteiger partial charge in [-0.3, -0.25) is 14.5 Å². The van der Waals surface area contributed by atoms with E-state index in [0.29, 0.717) is 25.2 Å². The van der Waals surface area contributed by atoms with Gasteiger partial charge in [-0.25, -0.2) is 4.98 Å². The largest absolute Gasteiger partial charge is 0.497 e. The van der Waals surface area contributed by atoms with E-state index in [-0.39, 0.29) is 11.5 Å². The predicted molar refractivity (Wildman–Crippen MR) is 140 cm³/mol. The molecule has 1 fully saturated rings. The van der Waals surface area contributed by atoms with Gasteiger partial charge in [-0.2, -0.15) is 0 Å². The zero-order valence-corrected chi connectivity index (χ0v) is 21.1. The van der Waals surface area contributed by atoms with Crippen molar-refractivity contribution in [1.82, 2.24) is 20.2 Å². The van der Waals surface area contributed by atoms with E-state index >= 15 is 0 Å². The maximum atomic E-state index is 12.6. The average Bonchev–Trinajstić information content (AvgIpc) is 3.47. The van der Waals surface area contributed by atoms with Crippen LogP contribution in [0.4, 0.5) is 5.69 Å². The van der Waals surface area contributed by atoms with E-state index in [2.05, 4.69) is 37.2 Å². The van der Waals surface area contributed by atoms with E-state index in [4.69, 9.17) is 4.74 Å². The number of aryl methyl sites for hydroxylation is 3. The van der Waals surface area contributed by atoms with Crippen molar-refractivity contribution in [2.45, 2.75) is 38.5 Å². The summed E-state index contributed by atoms with van der Waals surface area (Å²) in [6.45, 7) is 5.69. The number of hydrogen-bond acceptors (Lipinski definition) is 7. The van der Waals surface area contributed by atoms with Gasteiger partial charge in [0, 0.05) is 56.1 Å². The minimum atomic E-state index is -0.0584. The topological polar surface area (TPSA) is 90.6 Å². The highest BCUT2D eigenvalue weighted by molar-refractivity contribution is 7.18. The molecule has 1 saturated heterocycles. The lowest BCUT2D eigenvalue weighted by Gasteiger charge is -2.36. The number of benzene rings is 1. The first-order valence-electron chi connectivity index (χ1n) is 12.5. The molecule has 3 heterocycles. The molecule has 2 aliphatic rings. The van der Waals surface area contributed by atoms with E-state index in [9.17, 15) is 9.59 Å². The Labute approximate surface area is 209 Å². The number of aromatic nitrogens is 2. The third kappa shape index (κ3) is 5.51. The van der Waals surface area contributed by atoms with Crippen LogP contribution in [0.3, 0.4) is 0 Å². The summed E-state index contributed by atoms with van der Waals surface area (Å²) in [5.41, 5.74) is 2.36. The van der Waals surface area contributed by atoms with Crippen molar-refractivity contribution in [3.63, 3.8) is 0 Å². The third-order valence-corrected chi connectivity index (χ3v) is 8.18. The normalized spacial score (nSPS) is 16.0.